The number of nitrogens with two attached hydrogens (primary N) is 1. The number of aryl methyl sites for hydroxylation is 1. The Bertz CT molecular complexity index is 573. The molecule has 5 heteroatoms. The second-order valence-corrected chi connectivity index (χ2v) is 7.43. The quantitative estimate of drug-likeness (QED) is 0.840. The first-order valence-corrected chi connectivity index (χ1v) is 9.34. The highest BCUT2D eigenvalue weighted by molar-refractivity contribution is 5.85. The molecule has 0 spiro atoms. The van der Waals surface area contributed by atoms with Crippen LogP contribution < -0.4 is 11.1 Å². The average molecular weight is 367 g/mol. The zero-order chi connectivity index (χ0) is 17.0. The van der Waals surface area contributed by atoms with Crippen LogP contribution in [0.25, 0.3) is 0 Å². The summed E-state index contributed by atoms with van der Waals surface area (Å²) in [5.41, 5.74) is 8.45. The van der Waals surface area contributed by atoms with E-state index < -0.39 is 0 Å². The number of carbonyl (C=O) groups is 1. The summed E-state index contributed by atoms with van der Waals surface area (Å²) >= 11 is 0. The van der Waals surface area contributed by atoms with E-state index in [4.69, 9.17) is 10.5 Å². The second-order valence-electron chi connectivity index (χ2n) is 7.43. The third-order valence-corrected chi connectivity index (χ3v) is 5.79. The molecular weight excluding hydrogens is 336 g/mol. The largest absolute Gasteiger partial charge is 0.364 e. The summed E-state index contributed by atoms with van der Waals surface area (Å²) < 4.78 is 5.74. The van der Waals surface area contributed by atoms with Crippen molar-refractivity contribution in [1.29, 1.82) is 0 Å². The molecule has 2 atom stereocenters. The minimum Gasteiger partial charge on any atom is -0.364 e. The van der Waals surface area contributed by atoms with Gasteiger partial charge in [-0.05, 0) is 43.7 Å². The van der Waals surface area contributed by atoms with Gasteiger partial charge >= 0.3 is 0 Å². The maximum Gasteiger partial charge on any atom is 0.249 e. The Kier molecular flexibility index (Phi) is 7.29. The van der Waals surface area contributed by atoms with Crippen molar-refractivity contribution in [2.24, 2.45) is 5.73 Å². The zero-order valence-electron chi connectivity index (χ0n) is 15.1. The van der Waals surface area contributed by atoms with Crippen molar-refractivity contribution in [3.8, 4) is 0 Å². The molecule has 1 amide bonds. The van der Waals surface area contributed by atoms with Crippen LogP contribution in [0.5, 0.6) is 0 Å². The van der Waals surface area contributed by atoms with E-state index in [1.54, 1.807) is 0 Å². The van der Waals surface area contributed by atoms with Gasteiger partial charge in [0.25, 0.3) is 0 Å². The van der Waals surface area contributed by atoms with Crippen molar-refractivity contribution in [1.82, 2.24) is 5.32 Å². The molecule has 1 aliphatic heterocycles. The van der Waals surface area contributed by atoms with Gasteiger partial charge in [-0.25, -0.2) is 0 Å². The third-order valence-electron chi connectivity index (χ3n) is 5.79. The second kappa shape index (κ2) is 9.02. The molecule has 2 aliphatic rings. The maximum atomic E-state index is 12.5. The number of halogens is 1. The molecule has 0 radical (unpaired) electrons. The highest BCUT2D eigenvalue weighted by Gasteiger charge is 2.37. The van der Waals surface area contributed by atoms with Crippen LogP contribution >= 0.6 is 12.4 Å². The van der Waals surface area contributed by atoms with Gasteiger partial charge in [0.05, 0.1) is 6.10 Å². The van der Waals surface area contributed by atoms with Gasteiger partial charge in [-0.15, -0.1) is 12.4 Å². The smallest absolute Gasteiger partial charge is 0.249 e. The van der Waals surface area contributed by atoms with E-state index in [-0.39, 0.29) is 35.9 Å². The minimum absolute atomic E-state index is 0. The molecule has 25 heavy (non-hydrogen) atoms. The Morgan fingerprint density at radius 1 is 1.24 bits per heavy atom. The average Bonchev–Trinajstić information content (AvgIpc) is 3.10. The molecule has 4 nitrogen and oxygen atoms in total. The van der Waals surface area contributed by atoms with E-state index in [0.29, 0.717) is 13.1 Å². The number of carbonyl (C=O) groups excluding carboxylic acids is 1. The number of benzene rings is 1. The molecule has 3 rings (SSSR count). The van der Waals surface area contributed by atoms with E-state index in [1.807, 2.05) is 0 Å². The Morgan fingerprint density at radius 3 is 2.60 bits per heavy atom. The Labute approximate surface area is 157 Å². The molecule has 1 heterocycles. The zero-order valence-corrected chi connectivity index (χ0v) is 15.9. The summed E-state index contributed by atoms with van der Waals surface area (Å²) in [5, 5.41) is 3.20. The first-order valence-electron chi connectivity index (χ1n) is 9.34. The van der Waals surface area contributed by atoms with Gasteiger partial charge < -0.3 is 15.8 Å². The van der Waals surface area contributed by atoms with Gasteiger partial charge in [0.1, 0.15) is 6.10 Å². The van der Waals surface area contributed by atoms with Crippen molar-refractivity contribution in [3.05, 3.63) is 35.4 Å². The van der Waals surface area contributed by atoms with Gasteiger partial charge in [-0.3, -0.25) is 4.79 Å². The lowest BCUT2D eigenvalue weighted by molar-refractivity contribution is -0.132. The SMILES string of the molecule is Cc1ccccc1C1(CNC(=O)[C@@H]2CC[C@H](CN)O2)CCCCC1.Cl. The Hall–Kier alpha value is -1.10. The first-order chi connectivity index (χ1) is 11.6. The first kappa shape index (κ1) is 20.2. The predicted octanol–water partition coefficient (Wildman–Crippen LogP) is 3.24. The van der Waals surface area contributed by atoms with Gasteiger partial charge in [-0.2, -0.15) is 0 Å². The third kappa shape index (κ3) is 4.55. The normalized spacial score (nSPS) is 25.2. The van der Waals surface area contributed by atoms with Gasteiger partial charge in [-0.1, -0.05) is 43.5 Å². The van der Waals surface area contributed by atoms with Crippen LogP contribution in [0, 0.1) is 6.92 Å². The van der Waals surface area contributed by atoms with E-state index in [9.17, 15) is 4.79 Å². The van der Waals surface area contributed by atoms with E-state index >= 15 is 0 Å². The summed E-state index contributed by atoms with van der Waals surface area (Å²) in [6.45, 7) is 3.39. The van der Waals surface area contributed by atoms with E-state index in [2.05, 4.69) is 36.5 Å². The molecule has 1 aromatic rings. The summed E-state index contributed by atoms with van der Waals surface area (Å²) in [5.74, 6) is 0.0319. The molecule has 1 saturated heterocycles. The number of rotatable bonds is 5. The van der Waals surface area contributed by atoms with Crippen LogP contribution in [0.3, 0.4) is 0 Å². The molecule has 140 valence electrons. The van der Waals surface area contributed by atoms with E-state index in [1.165, 1.54) is 30.4 Å². The molecule has 3 N–H and O–H groups in total. The number of hydrogen-bond donors (Lipinski definition) is 2. The number of ether oxygens (including phenoxy) is 1. The molecule has 1 saturated carbocycles. The summed E-state index contributed by atoms with van der Waals surface area (Å²) in [7, 11) is 0. The Morgan fingerprint density at radius 2 is 1.96 bits per heavy atom. The van der Waals surface area contributed by atoms with Crippen LogP contribution in [-0.4, -0.2) is 31.2 Å². The maximum absolute atomic E-state index is 12.5. The van der Waals surface area contributed by atoms with Crippen molar-refractivity contribution in [2.45, 2.75) is 69.5 Å². The van der Waals surface area contributed by atoms with Crippen LogP contribution in [0.1, 0.15) is 56.1 Å². The molecule has 1 aromatic carbocycles. The molecule has 0 unspecified atom stereocenters. The van der Waals surface area contributed by atoms with Crippen molar-refractivity contribution in [2.75, 3.05) is 13.1 Å². The monoisotopic (exact) mass is 366 g/mol. The lowest BCUT2D eigenvalue weighted by Gasteiger charge is -2.39. The standard InChI is InChI=1S/C20H30N2O2.ClH/c1-15-7-3-4-8-17(15)20(11-5-2-6-12-20)14-22-19(23)18-10-9-16(13-21)24-18;/h3-4,7-8,16,18H,2,5-6,9-14,21H2,1H3,(H,22,23);1H/t16-,18+;/m1./s1. The highest BCUT2D eigenvalue weighted by atomic mass is 35.5. The molecule has 0 aromatic heterocycles. The van der Waals surface area contributed by atoms with Crippen LogP contribution in [-0.2, 0) is 14.9 Å². The summed E-state index contributed by atoms with van der Waals surface area (Å²) in [4.78, 5) is 12.5. The molecular formula is C20H31ClN2O2. The minimum atomic E-state index is -0.323. The number of hydrogen-bond acceptors (Lipinski definition) is 3. The topological polar surface area (TPSA) is 64.4 Å². The van der Waals surface area contributed by atoms with Gasteiger partial charge in [0.2, 0.25) is 5.91 Å². The molecule has 2 fully saturated rings. The van der Waals surface area contributed by atoms with Crippen LogP contribution in [0.15, 0.2) is 24.3 Å². The Balaban J connectivity index is 0.00000225. The lowest BCUT2D eigenvalue weighted by Crippen LogP contribution is -2.45. The van der Waals surface area contributed by atoms with Gasteiger partial charge in [0.15, 0.2) is 0 Å². The van der Waals surface area contributed by atoms with Crippen molar-refractivity contribution >= 4 is 18.3 Å². The fourth-order valence-corrected chi connectivity index (χ4v) is 4.38. The van der Waals surface area contributed by atoms with Crippen molar-refractivity contribution in [3.63, 3.8) is 0 Å². The number of amides is 1. The van der Waals surface area contributed by atoms with E-state index in [0.717, 1.165) is 25.7 Å². The fourth-order valence-electron chi connectivity index (χ4n) is 4.38. The van der Waals surface area contributed by atoms with Crippen LogP contribution in [0.4, 0.5) is 0 Å². The molecule has 1 aliphatic carbocycles. The fraction of sp³-hybridized carbons (Fsp3) is 0.650. The van der Waals surface area contributed by atoms with Crippen molar-refractivity contribution < 1.29 is 9.53 Å². The number of nitrogens with one attached hydrogen (secondary N) is 1. The highest BCUT2D eigenvalue weighted by Crippen LogP contribution is 2.40. The summed E-state index contributed by atoms with van der Waals surface area (Å²) in [6, 6.07) is 8.63. The molecule has 0 bridgehead atoms. The predicted molar refractivity (Wildman–Crippen MR) is 103 cm³/mol. The van der Waals surface area contributed by atoms with Gasteiger partial charge in [0, 0.05) is 18.5 Å². The van der Waals surface area contributed by atoms with Crippen LogP contribution in [0.2, 0.25) is 0 Å². The summed E-state index contributed by atoms with van der Waals surface area (Å²) in [6.07, 6.45) is 7.45. The lowest BCUT2D eigenvalue weighted by atomic mass is 9.68.